The molecule has 6 heteroatoms. The highest BCUT2D eigenvalue weighted by Crippen LogP contribution is 2.22. The molecule has 0 aromatic heterocycles. The molecule has 1 N–H and O–H groups in total. The first kappa shape index (κ1) is 16.6. The molecule has 2 aromatic carbocycles. The summed E-state index contributed by atoms with van der Waals surface area (Å²) >= 11 is 0. The summed E-state index contributed by atoms with van der Waals surface area (Å²) in [6.07, 6.45) is 2.16. The highest BCUT2D eigenvalue weighted by molar-refractivity contribution is 6.39. The molecule has 4 amide bonds. The molecular formula is C19H15FN2O3. The second kappa shape index (κ2) is 6.68. The van der Waals surface area contributed by atoms with Gasteiger partial charge in [-0.3, -0.25) is 14.9 Å². The third-order valence-electron chi connectivity index (χ3n) is 3.89. The van der Waals surface area contributed by atoms with E-state index in [-0.39, 0.29) is 5.57 Å². The van der Waals surface area contributed by atoms with Crippen molar-refractivity contribution in [2.24, 2.45) is 0 Å². The van der Waals surface area contributed by atoms with Gasteiger partial charge in [0.05, 0.1) is 5.69 Å². The van der Waals surface area contributed by atoms with Crippen LogP contribution in [0, 0.1) is 5.82 Å². The van der Waals surface area contributed by atoms with Crippen LogP contribution in [-0.4, -0.2) is 17.8 Å². The molecule has 1 saturated heterocycles. The van der Waals surface area contributed by atoms with Gasteiger partial charge >= 0.3 is 6.03 Å². The number of amides is 4. The first-order valence-corrected chi connectivity index (χ1v) is 7.75. The van der Waals surface area contributed by atoms with E-state index < -0.39 is 23.7 Å². The van der Waals surface area contributed by atoms with Crippen LogP contribution in [0.1, 0.15) is 18.1 Å². The fraction of sp³-hybridized carbons (Fsp3) is 0.105. The van der Waals surface area contributed by atoms with Crippen LogP contribution >= 0.6 is 0 Å². The number of carbonyl (C=O) groups excluding carboxylic acids is 3. The maximum Gasteiger partial charge on any atom is 0.335 e. The zero-order chi connectivity index (χ0) is 18.0. The van der Waals surface area contributed by atoms with Gasteiger partial charge in [0.1, 0.15) is 11.4 Å². The van der Waals surface area contributed by atoms with Crippen LogP contribution < -0.4 is 10.2 Å². The molecule has 5 nitrogen and oxygen atoms in total. The molecule has 1 fully saturated rings. The zero-order valence-corrected chi connectivity index (χ0v) is 13.5. The second-order valence-electron chi connectivity index (χ2n) is 5.53. The van der Waals surface area contributed by atoms with E-state index >= 15 is 0 Å². The number of carbonyl (C=O) groups is 3. The predicted molar refractivity (Wildman–Crippen MR) is 91.2 cm³/mol. The molecule has 0 spiro atoms. The van der Waals surface area contributed by atoms with Gasteiger partial charge in [-0.05, 0) is 47.9 Å². The van der Waals surface area contributed by atoms with E-state index in [4.69, 9.17) is 0 Å². The van der Waals surface area contributed by atoms with Crippen LogP contribution in [0.4, 0.5) is 14.9 Å². The number of rotatable bonds is 3. The molecule has 2 aromatic rings. The first-order chi connectivity index (χ1) is 12.0. The lowest BCUT2D eigenvalue weighted by atomic mass is 10.1. The molecule has 1 aliphatic rings. The molecule has 0 unspecified atom stereocenters. The number of aryl methyl sites for hydroxylation is 1. The number of halogens is 1. The van der Waals surface area contributed by atoms with Gasteiger partial charge in [0.2, 0.25) is 0 Å². The Labute approximate surface area is 143 Å². The van der Waals surface area contributed by atoms with Crippen molar-refractivity contribution in [3.05, 3.63) is 71.0 Å². The largest absolute Gasteiger partial charge is 0.335 e. The molecule has 0 bridgehead atoms. The Hall–Kier alpha value is -3.28. The Morgan fingerprint density at radius 2 is 1.64 bits per heavy atom. The van der Waals surface area contributed by atoms with E-state index in [0.29, 0.717) is 11.3 Å². The van der Waals surface area contributed by atoms with Gasteiger partial charge in [0.15, 0.2) is 0 Å². The summed E-state index contributed by atoms with van der Waals surface area (Å²) in [5.41, 5.74) is 1.73. The average molecular weight is 338 g/mol. The minimum atomic E-state index is -0.796. The molecular weight excluding hydrogens is 323 g/mol. The number of nitrogens with zero attached hydrogens (tertiary/aromatic N) is 1. The van der Waals surface area contributed by atoms with Gasteiger partial charge in [-0.1, -0.05) is 31.2 Å². The number of anilines is 1. The van der Waals surface area contributed by atoms with Crippen molar-refractivity contribution < 1.29 is 18.8 Å². The van der Waals surface area contributed by atoms with Crippen molar-refractivity contribution in [2.75, 3.05) is 4.90 Å². The number of benzene rings is 2. The minimum absolute atomic E-state index is 0.189. The van der Waals surface area contributed by atoms with Gasteiger partial charge in [0, 0.05) is 0 Å². The Morgan fingerprint density at radius 3 is 2.24 bits per heavy atom. The first-order valence-electron chi connectivity index (χ1n) is 7.75. The second-order valence-corrected chi connectivity index (χ2v) is 5.53. The molecule has 3 rings (SSSR count). The molecule has 126 valence electrons. The molecule has 0 atom stereocenters. The van der Waals surface area contributed by atoms with Crippen LogP contribution in [0.3, 0.4) is 0 Å². The number of barbiturate groups is 1. The minimum Gasteiger partial charge on any atom is -0.273 e. The van der Waals surface area contributed by atoms with Gasteiger partial charge < -0.3 is 0 Å². The van der Waals surface area contributed by atoms with Crippen molar-refractivity contribution in [1.82, 2.24) is 5.32 Å². The predicted octanol–water partition coefficient (Wildman–Crippen LogP) is 3.05. The third kappa shape index (κ3) is 3.33. The fourth-order valence-electron chi connectivity index (χ4n) is 2.50. The van der Waals surface area contributed by atoms with Crippen LogP contribution in [0.2, 0.25) is 0 Å². The van der Waals surface area contributed by atoms with Crippen molar-refractivity contribution in [3.63, 3.8) is 0 Å². The monoisotopic (exact) mass is 338 g/mol. The van der Waals surface area contributed by atoms with E-state index in [1.165, 1.54) is 30.3 Å². The third-order valence-corrected chi connectivity index (χ3v) is 3.89. The smallest absolute Gasteiger partial charge is 0.273 e. The summed E-state index contributed by atoms with van der Waals surface area (Å²) in [5, 5.41) is 2.15. The van der Waals surface area contributed by atoms with Gasteiger partial charge in [-0.15, -0.1) is 0 Å². The fourth-order valence-corrected chi connectivity index (χ4v) is 2.50. The normalized spacial score (nSPS) is 16.3. The van der Waals surface area contributed by atoms with Crippen molar-refractivity contribution in [2.45, 2.75) is 13.3 Å². The van der Waals surface area contributed by atoms with Crippen molar-refractivity contribution in [3.8, 4) is 0 Å². The highest BCUT2D eigenvalue weighted by Gasteiger charge is 2.36. The van der Waals surface area contributed by atoms with Gasteiger partial charge in [-0.2, -0.15) is 0 Å². The number of nitrogens with one attached hydrogen (secondary N) is 1. The molecule has 1 heterocycles. The van der Waals surface area contributed by atoms with Gasteiger partial charge in [0.25, 0.3) is 11.8 Å². The lowest BCUT2D eigenvalue weighted by Crippen LogP contribution is -2.54. The molecule has 0 aliphatic carbocycles. The summed E-state index contributed by atoms with van der Waals surface area (Å²) in [7, 11) is 0. The van der Waals surface area contributed by atoms with Crippen LogP contribution in [0.5, 0.6) is 0 Å². The van der Waals surface area contributed by atoms with Crippen LogP contribution in [-0.2, 0) is 16.0 Å². The van der Waals surface area contributed by atoms with Crippen LogP contribution in [0.25, 0.3) is 6.08 Å². The van der Waals surface area contributed by atoms with Crippen molar-refractivity contribution in [1.29, 1.82) is 0 Å². The molecule has 1 aliphatic heterocycles. The Bertz CT molecular complexity index is 871. The number of hydrogen-bond acceptors (Lipinski definition) is 3. The maximum atomic E-state index is 13.0. The summed E-state index contributed by atoms with van der Waals surface area (Å²) in [5.74, 6) is -1.92. The summed E-state index contributed by atoms with van der Waals surface area (Å²) in [4.78, 5) is 37.7. The average Bonchev–Trinajstić information content (AvgIpc) is 2.60. The molecule has 0 radical (unpaired) electrons. The molecule has 0 saturated carbocycles. The number of imide groups is 2. The highest BCUT2D eigenvalue weighted by atomic mass is 19.1. The Balaban J connectivity index is 1.97. The Morgan fingerprint density at radius 1 is 1.00 bits per heavy atom. The number of hydrogen-bond donors (Lipinski definition) is 1. The SMILES string of the molecule is CCc1ccc(N2C(=O)NC(=O)/C(=C/c3ccc(F)cc3)C2=O)cc1. The van der Waals surface area contributed by atoms with E-state index in [1.54, 1.807) is 12.1 Å². The van der Waals surface area contributed by atoms with Crippen LogP contribution in [0.15, 0.2) is 54.1 Å². The quantitative estimate of drug-likeness (QED) is 0.691. The van der Waals surface area contributed by atoms with Crippen molar-refractivity contribution >= 4 is 29.6 Å². The van der Waals surface area contributed by atoms with E-state index in [0.717, 1.165) is 16.9 Å². The standard InChI is InChI=1S/C19H15FN2O3/c1-2-12-5-9-15(10-6-12)22-18(24)16(17(23)21-19(22)25)11-13-3-7-14(20)8-4-13/h3-11H,2H2,1H3,(H,21,23,25)/b16-11-. The topological polar surface area (TPSA) is 66.5 Å². The van der Waals surface area contributed by atoms with E-state index in [2.05, 4.69) is 5.32 Å². The maximum absolute atomic E-state index is 13.0. The summed E-state index contributed by atoms with van der Waals surface area (Å²) in [6.45, 7) is 2.00. The lowest BCUT2D eigenvalue weighted by molar-refractivity contribution is -0.122. The molecule has 25 heavy (non-hydrogen) atoms. The number of urea groups is 1. The van der Waals surface area contributed by atoms with Gasteiger partial charge in [-0.25, -0.2) is 14.1 Å². The van der Waals surface area contributed by atoms with E-state index in [9.17, 15) is 18.8 Å². The lowest BCUT2D eigenvalue weighted by Gasteiger charge is -2.26. The summed E-state index contributed by atoms with van der Waals surface area (Å²) < 4.78 is 13.0. The Kier molecular flexibility index (Phi) is 4.43. The van der Waals surface area contributed by atoms with E-state index in [1.807, 2.05) is 19.1 Å². The zero-order valence-electron chi connectivity index (χ0n) is 13.5. The summed E-state index contributed by atoms with van der Waals surface area (Å²) in [6, 6.07) is 11.5.